The summed E-state index contributed by atoms with van der Waals surface area (Å²) in [6.45, 7) is 6.99. The van der Waals surface area contributed by atoms with Crippen molar-refractivity contribution < 1.29 is 9.53 Å². The minimum absolute atomic E-state index is 0.0284. The number of hydrogen-bond acceptors (Lipinski definition) is 6. The minimum Gasteiger partial charge on any atom is -0.378 e. The number of anilines is 3. The normalized spacial score (nSPS) is 20.1. The van der Waals surface area contributed by atoms with Gasteiger partial charge in [0.25, 0.3) is 5.91 Å². The van der Waals surface area contributed by atoms with Gasteiger partial charge in [0.15, 0.2) is 11.5 Å². The third-order valence-corrected chi connectivity index (χ3v) is 5.35. The predicted molar refractivity (Wildman–Crippen MR) is 109 cm³/mol. The second-order valence-corrected chi connectivity index (χ2v) is 7.54. The van der Waals surface area contributed by atoms with Gasteiger partial charge < -0.3 is 19.9 Å². The number of benzene rings is 1. The van der Waals surface area contributed by atoms with Crippen molar-refractivity contribution in [3.05, 3.63) is 42.1 Å². The SMILES string of the molecule is CC1CCCN(C(=O)c2ccc(Nc3ccccc3N3CCOCC3)nn2)C1. The fourth-order valence-electron chi connectivity index (χ4n) is 3.85. The quantitative estimate of drug-likeness (QED) is 0.878. The first kappa shape index (κ1) is 18.7. The van der Waals surface area contributed by atoms with Crippen molar-refractivity contribution in [3.63, 3.8) is 0 Å². The van der Waals surface area contributed by atoms with Gasteiger partial charge in [-0.3, -0.25) is 4.79 Å². The molecule has 2 aliphatic heterocycles. The molecule has 0 bridgehead atoms. The van der Waals surface area contributed by atoms with Gasteiger partial charge in [0.05, 0.1) is 24.6 Å². The van der Waals surface area contributed by atoms with Crippen molar-refractivity contribution in [2.24, 2.45) is 5.92 Å². The fourth-order valence-corrected chi connectivity index (χ4v) is 3.85. The van der Waals surface area contributed by atoms with Crippen LogP contribution in [0.3, 0.4) is 0 Å². The van der Waals surface area contributed by atoms with Crippen LogP contribution in [-0.4, -0.2) is 60.4 Å². The summed E-state index contributed by atoms with van der Waals surface area (Å²) in [5.41, 5.74) is 2.50. The number of aromatic nitrogens is 2. The number of ether oxygens (including phenoxy) is 1. The average Bonchev–Trinajstić information content (AvgIpc) is 2.75. The Morgan fingerprint density at radius 1 is 1.11 bits per heavy atom. The van der Waals surface area contributed by atoms with Gasteiger partial charge in [-0.15, -0.1) is 10.2 Å². The van der Waals surface area contributed by atoms with Gasteiger partial charge in [0.2, 0.25) is 0 Å². The Morgan fingerprint density at radius 3 is 2.68 bits per heavy atom. The predicted octanol–water partition coefficient (Wildman–Crippen LogP) is 2.93. The monoisotopic (exact) mass is 381 g/mol. The molecule has 1 atom stereocenters. The molecule has 1 N–H and O–H groups in total. The number of carbonyl (C=O) groups excluding carboxylic acids is 1. The van der Waals surface area contributed by atoms with Crippen LogP contribution in [0.15, 0.2) is 36.4 Å². The number of carbonyl (C=O) groups is 1. The van der Waals surface area contributed by atoms with Crippen LogP contribution in [-0.2, 0) is 4.74 Å². The summed E-state index contributed by atoms with van der Waals surface area (Å²) in [5.74, 6) is 1.15. The molecule has 2 fully saturated rings. The van der Waals surface area contributed by atoms with E-state index in [9.17, 15) is 4.79 Å². The number of likely N-dealkylation sites (tertiary alicyclic amines) is 1. The molecular weight excluding hydrogens is 354 g/mol. The van der Waals surface area contributed by atoms with Crippen molar-refractivity contribution in [2.75, 3.05) is 49.6 Å². The molecule has 2 aromatic rings. The lowest BCUT2D eigenvalue weighted by Crippen LogP contribution is -2.39. The summed E-state index contributed by atoms with van der Waals surface area (Å²) in [7, 11) is 0. The fraction of sp³-hybridized carbons (Fsp3) is 0.476. The highest BCUT2D eigenvalue weighted by atomic mass is 16.5. The summed E-state index contributed by atoms with van der Waals surface area (Å²) in [6.07, 6.45) is 2.24. The molecule has 3 heterocycles. The van der Waals surface area contributed by atoms with E-state index in [1.165, 1.54) is 6.42 Å². The lowest BCUT2D eigenvalue weighted by Gasteiger charge is -2.30. The molecule has 4 rings (SSSR count). The number of para-hydroxylation sites is 2. The molecule has 0 saturated carbocycles. The first-order valence-electron chi connectivity index (χ1n) is 10.0. The number of rotatable bonds is 4. The van der Waals surface area contributed by atoms with Gasteiger partial charge in [-0.1, -0.05) is 19.1 Å². The first-order chi connectivity index (χ1) is 13.7. The van der Waals surface area contributed by atoms with Gasteiger partial charge in [-0.25, -0.2) is 0 Å². The summed E-state index contributed by atoms with van der Waals surface area (Å²) in [6, 6.07) is 11.7. The summed E-state index contributed by atoms with van der Waals surface area (Å²) < 4.78 is 5.45. The van der Waals surface area contributed by atoms with Crippen molar-refractivity contribution in [3.8, 4) is 0 Å². The van der Waals surface area contributed by atoms with E-state index < -0.39 is 0 Å². The molecule has 0 aliphatic carbocycles. The lowest BCUT2D eigenvalue weighted by atomic mass is 10.00. The van der Waals surface area contributed by atoms with E-state index in [2.05, 4.69) is 33.4 Å². The van der Waals surface area contributed by atoms with E-state index in [4.69, 9.17) is 4.74 Å². The van der Waals surface area contributed by atoms with E-state index >= 15 is 0 Å². The molecular formula is C21H27N5O2. The highest BCUT2D eigenvalue weighted by Gasteiger charge is 2.23. The topological polar surface area (TPSA) is 70.6 Å². The molecule has 2 aliphatic rings. The van der Waals surface area contributed by atoms with Crippen LogP contribution in [0.2, 0.25) is 0 Å². The number of hydrogen-bond donors (Lipinski definition) is 1. The first-order valence-corrected chi connectivity index (χ1v) is 10.0. The Kier molecular flexibility index (Phi) is 5.71. The molecule has 7 heteroatoms. The standard InChI is InChI=1S/C21H27N5O2/c1-16-5-4-10-26(15-16)21(27)18-8-9-20(24-23-18)22-17-6-2-3-7-19(17)25-11-13-28-14-12-25/h2-3,6-9,16H,4-5,10-15H2,1H3,(H,22,24). The van der Waals surface area contributed by atoms with E-state index in [0.717, 1.165) is 57.2 Å². The van der Waals surface area contributed by atoms with Gasteiger partial charge in [0.1, 0.15) is 0 Å². The molecule has 1 aromatic carbocycles. The summed E-state index contributed by atoms with van der Waals surface area (Å²) >= 11 is 0. The van der Waals surface area contributed by atoms with Gasteiger partial charge >= 0.3 is 0 Å². The average molecular weight is 381 g/mol. The maximum absolute atomic E-state index is 12.7. The van der Waals surface area contributed by atoms with Crippen LogP contribution in [0.25, 0.3) is 0 Å². The van der Waals surface area contributed by atoms with Gasteiger partial charge in [-0.05, 0) is 43.0 Å². The zero-order valence-corrected chi connectivity index (χ0v) is 16.3. The molecule has 148 valence electrons. The number of nitrogens with one attached hydrogen (secondary N) is 1. The van der Waals surface area contributed by atoms with E-state index in [1.54, 1.807) is 6.07 Å². The molecule has 2 saturated heterocycles. The minimum atomic E-state index is -0.0284. The van der Waals surface area contributed by atoms with Gasteiger partial charge in [-0.2, -0.15) is 0 Å². The number of amides is 1. The number of morpholine rings is 1. The maximum atomic E-state index is 12.7. The highest BCUT2D eigenvalue weighted by molar-refractivity contribution is 5.92. The van der Waals surface area contributed by atoms with Crippen molar-refractivity contribution in [1.82, 2.24) is 15.1 Å². The van der Waals surface area contributed by atoms with E-state index in [1.807, 2.05) is 29.2 Å². The number of nitrogens with zero attached hydrogens (tertiary/aromatic N) is 4. The van der Waals surface area contributed by atoms with E-state index in [0.29, 0.717) is 17.4 Å². The Hall–Kier alpha value is -2.67. The highest BCUT2D eigenvalue weighted by Crippen LogP contribution is 2.28. The second kappa shape index (κ2) is 8.56. The van der Waals surface area contributed by atoms with Crippen LogP contribution in [0.5, 0.6) is 0 Å². The third-order valence-electron chi connectivity index (χ3n) is 5.35. The Balaban J connectivity index is 1.46. The molecule has 0 spiro atoms. The van der Waals surface area contributed by atoms with Gasteiger partial charge in [0, 0.05) is 26.2 Å². The van der Waals surface area contributed by atoms with Crippen molar-refractivity contribution in [1.29, 1.82) is 0 Å². The Morgan fingerprint density at radius 2 is 1.93 bits per heavy atom. The van der Waals surface area contributed by atoms with Crippen LogP contribution >= 0.6 is 0 Å². The summed E-state index contributed by atoms with van der Waals surface area (Å²) in [5, 5.41) is 11.8. The zero-order valence-electron chi connectivity index (χ0n) is 16.3. The van der Waals surface area contributed by atoms with Crippen LogP contribution in [0.4, 0.5) is 17.2 Å². The van der Waals surface area contributed by atoms with Crippen molar-refractivity contribution >= 4 is 23.1 Å². The number of piperidine rings is 1. The molecule has 0 radical (unpaired) electrons. The Bertz CT molecular complexity index is 805. The maximum Gasteiger partial charge on any atom is 0.274 e. The van der Waals surface area contributed by atoms with Crippen molar-refractivity contribution in [2.45, 2.75) is 19.8 Å². The van der Waals surface area contributed by atoms with E-state index in [-0.39, 0.29) is 5.91 Å². The van der Waals surface area contributed by atoms with Crippen LogP contribution in [0.1, 0.15) is 30.3 Å². The molecule has 28 heavy (non-hydrogen) atoms. The molecule has 1 amide bonds. The second-order valence-electron chi connectivity index (χ2n) is 7.54. The summed E-state index contributed by atoms with van der Waals surface area (Å²) in [4.78, 5) is 16.8. The van der Waals surface area contributed by atoms with Crippen LogP contribution < -0.4 is 10.2 Å². The molecule has 1 unspecified atom stereocenters. The molecule has 7 nitrogen and oxygen atoms in total. The largest absolute Gasteiger partial charge is 0.378 e. The lowest BCUT2D eigenvalue weighted by molar-refractivity contribution is 0.0676. The van der Waals surface area contributed by atoms with Crippen LogP contribution in [0, 0.1) is 5.92 Å². The molecule has 1 aromatic heterocycles. The smallest absolute Gasteiger partial charge is 0.274 e. The zero-order chi connectivity index (χ0) is 19.3. The third kappa shape index (κ3) is 4.25. The Labute approximate surface area is 165 Å².